The van der Waals surface area contributed by atoms with Crippen molar-refractivity contribution >= 4 is 43.7 Å². The number of aliphatic carboxylic acids is 1. The second-order valence-corrected chi connectivity index (χ2v) is 7.51. The van der Waals surface area contributed by atoms with Crippen molar-refractivity contribution in [3.8, 4) is 0 Å². The minimum absolute atomic E-state index is 0. The first-order valence-electron chi connectivity index (χ1n) is 11.0. The van der Waals surface area contributed by atoms with Gasteiger partial charge in [-0.05, 0) is 6.42 Å². The van der Waals surface area contributed by atoms with Crippen LogP contribution in [0.1, 0.15) is 138 Å². The van der Waals surface area contributed by atoms with Gasteiger partial charge in [0.1, 0.15) is 0 Å². The van der Waals surface area contributed by atoms with E-state index in [1.54, 1.807) is 0 Å². The van der Waals surface area contributed by atoms with Gasteiger partial charge in [0.25, 0.3) is 0 Å². The summed E-state index contributed by atoms with van der Waals surface area (Å²) in [6, 6.07) is 0. The molecule has 1 N–H and O–H groups in total. The fourth-order valence-electron chi connectivity index (χ4n) is 3.35. The van der Waals surface area contributed by atoms with Crippen LogP contribution < -0.4 is 0 Å². The summed E-state index contributed by atoms with van der Waals surface area (Å²) in [5.74, 6) is -0.651. The van der Waals surface area contributed by atoms with Gasteiger partial charge >= 0.3 is 43.7 Å². The predicted molar refractivity (Wildman–Crippen MR) is 114 cm³/mol. The molecular formula is C22H46AgCaO2. The number of carbonyl (C=O) groups is 1. The van der Waals surface area contributed by atoms with Gasteiger partial charge in [0.05, 0.1) is 0 Å². The minimum Gasteiger partial charge on any atom is -1.00 e. The molecule has 0 fully saturated rings. The van der Waals surface area contributed by atoms with E-state index in [9.17, 15) is 4.79 Å². The Morgan fingerprint density at radius 1 is 0.577 bits per heavy atom. The number of carboxylic acids is 1. The standard InChI is InChI=1S/C22H44O2.Ag.Ca.2H/c1-2-3-4-5-6-7-8-9-10-11-12-13-14-15-16-17-18-19-20-21-22(23)24;;;;/h2-21H2,1H3,(H,23,24);;;;/q;;+2;2*-1. The molecule has 0 aromatic carbocycles. The molecule has 1 radical (unpaired) electrons. The smallest absolute Gasteiger partial charge is 1.00 e. The van der Waals surface area contributed by atoms with Crippen molar-refractivity contribution < 1.29 is 35.1 Å². The quantitative estimate of drug-likeness (QED) is 0.140. The van der Waals surface area contributed by atoms with Crippen LogP contribution in [0, 0.1) is 0 Å². The fraction of sp³-hybridized carbons (Fsp3) is 0.955. The van der Waals surface area contributed by atoms with E-state index in [4.69, 9.17) is 5.11 Å². The molecule has 0 saturated carbocycles. The number of hydrogen-bond donors (Lipinski definition) is 1. The van der Waals surface area contributed by atoms with Gasteiger partial charge in [-0.15, -0.1) is 0 Å². The van der Waals surface area contributed by atoms with Crippen molar-refractivity contribution in [3.63, 3.8) is 0 Å². The van der Waals surface area contributed by atoms with Crippen molar-refractivity contribution in [2.45, 2.75) is 135 Å². The summed E-state index contributed by atoms with van der Waals surface area (Å²) in [6.07, 6.45) is 26.1. The van der Waals surface area contributed by atoms with Crippen LogP contribution in [0.15, 0.2) is 0 Å². The van der Waals surface area contributed by atoms with Gasteiger partial charge < -0.3 is 7.96 Å². The Labute approximate surface area is 212 Å². The largest absolute Gasteiger partial charge is 2.00 e. The molecule has 0 rings (SSSR count). The molecule has 0 unspecified atom stereocenters. The van der Waals surface area contributed by atoms with E-state index in [1.807, 2.05) is 0 Å². The second kappa shape index (κ2) is 28.7. The molecule has 0 aliphatic heterocycles. The van der Waals surface area contributed by atoms with Gasteiger partial charge in [0.15, 0.2) is 0 Å². The van der Waals surface area contributed by atoms with Gasteiger partial charge in [-0.2, -0.15) is 0 Å². The van der Waals surface area contributed by atoms with Crippen LogP contribution in [0.25, 0.3) is 0 Å². The van der Waals surface area contributed by atoms with E-state index >= 15 is 0 Å². The predicted octanol–water partition coefficient (Wildman–Crippen LogP) is 7.73. The molecule has 0 amide bonds. The average molecular weight is 491 g/mol. The Morgan fingerprint density at radius 2 is 0.808 bits per heavy atom. The molecule has 0 saturated heterocycles. The molecule has 26 heavy (non-hydrogen) atoms. The second-order valence-electron chi connectivity index (χ2n) is 7.51. The van der Waals surface area contributed by atoms with Crippen molar-refractivity contribution in [1.82, 2.24) is 0 Å². The van der Waals surface area contributed by atoms with Crippen LogP contribution in [-0.4, -0.2) is 48.8 Å². The summed E-state index contributed by atoms with van der Waals surface area (Å²) in [6.45, 7) is 2.28. The molecule has 0 spiro atoms. The van der Waals surface area contributed by atoms with E-state index in [0.717, 1.165) is 12.8 Å². The fourth-order valence-corrected chi connectivity index (χ4v) is 3.35. The molecule has 0 aromatic rings. The molecule has 0 aliphatic carbocycles. The Morgan fingerprint density at radius 3 is 1.04 bits per heavy atom. The third-order valence-electron chi connectivity index (χ3n) is 4.99. The van der Waals surface area contributed by atoms with Crippen molar-refractivity contribution in [3.05, 3.63) is 0 Å². The van der Waals surface area contributed by atoms with Crippen molar-refractivity contribution in [2.24, 2.45) is 0 Å². The molecular weight excluding hydrogens is 444 g/mol. The van der Waals surface area contributed by atoms with E-state index < -0.39 is 5.97 Å². The third kappa shape index (κ3) is 30.2. The summed E-state index contributed by atoms with van der Waals surface area (Å²) >= 11 is 0. The molecule has 4 heteroatoms. The van der Waals surface area contributed by atoms with Crippen molar-refractivity contribution in [1.29, 1.82) is 0 Å². The molecule has 0 aromatic heterocycles. The first kappa shape index (κ1) is 32.1. The average Bonchev–Trinajstić information content (AvgIpc) is 2.56. The number of hydrogen-bond acceptors (Lipinski definition) is 1. The van der Waals surface area contributed by atoms with E-state index in [1.165, 1.54) is 109 Å². The van der Waals surface area contributed by atoms with Gasteiger partial charge in [-0.25, -0.2) is 0 Å². The molecule has 0 atom stereocenters. The summed E-state index contributed by atoms with van der Waals surface area (Å²) in [5, 5.41) is 8.56. The van der Waals surface area contributed by atoms with Crippen LogP contribution in [0.5, 0.6) is 0 Å². The Balaban J connectivity index is -0.000000441. The summed E-state index contributed by atoms with van der Waals surface area (Å²) in [5.41, 5.74) is 0. The summed E-state index contributed by atoms with van der Waals surface area (Å²) in [7, 11) is 0. The molecule has 0 aliphatic rings. The van der Waals surface area contributed by atoms with Crippen LogP contribution in [0.4, 0.5) is 0 Å². The molecule has 2 nitrogen and oxygen atoms in total. The third-order valence-corrected chi connectivity index (χ3v) is 4.99. The molecule has 0 heterocycles. The first-order chi connectivity index (χ1) is 11.8. The van der Waals surface area contributed by atoms with Crippen molar-refractivity contribution in [2.75, 3.05) is 0 Å². The Kier molecular flexibility index (Phi) is 35.5. The number of unbranched alkanes of at least 4 members (excludes halogenated alkanes) is 18. The Hall–Kier alpha value is 1.47. The molecule has 159 valence electrons. The first-order valence-corrected chi connectivity index (χ1v) is 11.0. The van der Waals surface area contributed by atoms with Gasteiger partial charge in [-0.1, -0.05) is 122 Å². The number of carboxylic acid groups (broad SMARTS) is 1. The maximum Gasteiger partial charge on any atom is 2.00 e. The normalized spacial score (nSPS) is 10.2. The van der Waals surface area contributed by atoms with E-state index in [2.05, 4.69) is 6.92 Å². The summed E-state index contributed by atoms with van der Waals surface area (Å²) in [4.78, 5) is 10.4. The van der Waals surface area contributed by atoms with Crippen LogP contribution in [-0.2, 0) is 27.2 Å². The van der Waals surface area contributed by atoms with Gasteiger partial charge in [-0.3, -0.25) is 4.79 Å². The van der Waals surface area contributed by atoms with Gasteiger partial charge in [0, 0.05) is 28.8 Å². The molecule has 0 bridgehead atoms. The zero-order valence-corrected chi connectivity index (χ0v) is 21.2. The van der Waals surface area contributed by atoms with E-state index in [0.29, 0.717) is 6.42 Å². The monoisotopic (exact) mass is 489 g/mol. The SMILES string of the molecule is CCCCCCCCCCCCCCCCCCCCCC(=O)O.[Ag].[Ca+2].[H-].[H-]. The van der Waals surface area contributed by atoms with Crippen LogP contribution in [0.3, 0.4) is 0 Å². The zero-order chi connectivity index (χ0) is 17.7. The summed E-state index contributed by atoms with van der Waals surface area (Å²) < 4.78 is 0. The zero-order valence-electron chi connectivity index (χ0n) is 19.5. The minimum atomic E-state index is -0.651. The van der Waals surface area contributed by atoms with Crippen LogP contribution >= 0.6 is 0 Å². The Bertz CT molecular complexity index is 273. The number of rotatable bonds is 20. The topological polar surface area (TPSA) is 37.3 Å². The van der Waals surface area contributed by atoms with Crippen LogP contribution in [0.2, 0.25) is 0 Å². The van der Waals surface area contributed by atoms with E-state index in [-0.39, 0.29) is 63.0 Å². The maximum absolute atomic E-state index is 10.4. The maximum atomic E-state index is 10.4. The van der Waals surface area contributed by atoms with Gasteiger partial charge in [0.2, 0.25) is 0 Å².